The van der Waals surface area contributed by atoms with E-state index in [1.54, 1.807) is 19.9 Å². The van der Waals surface area contributed by atoms with E-state index in [1.807, 2.05) is 0 Å². The summed E-state index contributed by atoms with van der Waals surface area (Å²) in [7, 11) is -4.77. The van der Waals surface area contributed by atoms with Crippen LogP contribution in [0.3, 0.4) is 0 Å². The van der Waals surface area contributed by atoms with Crippen LogP contribution in [-0.2, 0) is 24.5 Å². The van der Waals surface area contributed by atoms with Crippen molar-refractivity contribution in [3.8, 4) is 0 Å². The molecule has 28 heavy (non-hydrogen) atoms. The predicted octanol–water partition coefficient (Wildman–Crippen LogP) is -0.401. The van der Waals surface area contributed by atoms with Gasteiger partial charge in [-0.05, 0) is 19.4 Å². The van der Waals surface area contributed by atoms with Crippen molar-refractivity contribution in [1.82, 2.24) is 10.2 Å². The van der Waals surface area contributed by atoms with Gasteiger partial charge in [0.25, 0.3) is 10.1 Å². The summed E-state index contributed by atoms with van der Waals surface area (Å²) < 4.78 is 32.2. The fraction of sp³-hybridized carbons (Fsp3) is 0.438. The second-order valence-corrected chi connectivity index (χ2v) is 10.2. The van der Waals surface area contributed by atoms with Gasteiger partial charge in [-0.2, -0.15) is 8.42 Å². The summed E-state index contributed by atoms with van der Waals surface area (Å²) in [6.45, 7) is 3.37. The Morgan fingerprint density at radius 1 is 1.25 bits per heavy atom. The number of nitrogens with zero attached hydrogens (tertiary/aromatic N) is 1. The zero-order chi connectivity index (χ0) is 20.1. The predicted molar refractivity (Wildman–Crippen MR) is 104 cm³/mol. The van der Waals surface area contributed by atoms with Gasteiger partial charge in [-0.1, -0.05) is 30.3 Å². The molecule has 0 radical (unpaired) electrons. The molecule has 0 saturated carbocycles. The Balaban J connectivity index is 0.00000280. The van der Waals surface area contributed by atoms with Crippen molar-refractivity contribution < 1.29 is 32.5 Å². The summed E-state index contributed by atoms with van der Waals surface area (Å²) in [6.07, 6.45) is 0. The van der Waals surface area contributed by atoms with Gasteiger partial charge in [0.05, 0.1) is 0 Å². The van der Waals surface area contributed by atoms with Crippen molar-refractivity contribution in [3.63, 3.8) is 0 Å². The molecule has 2 aliphatic heterocycles. The number of thioether (sulfide) groups is 1. The zero-order valence-electron chi connectivity index (χ0n) is 14.4. The Bertz CT molecular complexity index is 907. The molecule has 2 amide bonds. The molecule has 3 rings (SSSR count). The summed E-state index contributed by atoms with van der Waals surface area (Å²) >= 11 is 1.22. The van der Waals surface area contributed by atoms with Crippen molar-refractivity contribution in [3.05, 3.63) is 35.9 Å². The van der Waals surface area contributed by atoms with E-state index in [9.17, 15) is 32.5 Å². The first kappa shape index (κ1) is 23.2. The first-order chi connectivity index (χ1) is 12.4. The number of β-lactam (4-membered cyclic amide) rings is 1. The van der Waals surface area contributed by atoms with E-state index in [0.29, 0.717) is 0 Å². The zero-order valence-corrected chi connectivity index (χ0v) is 16.0. The molecule has 4 atom stereocenters. The van der Waals surface area contributed by atoms with E-state index in [1.165, 1.54) is 40.9 Å². The minimum atomic E-state index is -4.77. The molecule has 0 bridgehead atoms. The van der Waals surface area contributed by atoms with Gasteiger partial charge in [0.2, 0.25) is 11.8 Å². The SMILES string of the molecule is CC1(C)S[C@@H]2[C@H](NC(=O)[C@@H](c3ccccc3)S(=O)(=O)O)C(=O)N2[C@H]1C(=O)O.[NaH]. The van der Waals surface area contributed by atoms with E-state index in [0.717, 1.165) is 0 Å². The maximum absolute atomic E-state index is 12.6. The Labute approximate surface area is 188 Å². The van der Waals surface area contributed by atoms with Crippen LogP contribution in [-0.4, -0.2) is 92.5 Å². The van der Waals surface area contributed by atoms with Gasteiger partial charge in [0, 0.05) is 4.75 Å². The fourth-order valence-corrected chi connectivity index (χ4v) is 5.93. The topological polar surface area (TPSA) is 141 Å². The van der Waals surface area contributed by atoms with Crippen LogP contribution in [0.2, 0.25) is 0 Å². The number of rotatable bonds is 5. The second kappa shape index (κ2) is 7.96. The number of carboxylic acid groups (broad SMARTS) is 1. The van der Waals surface area contributed by atoms with Crippen LogP contribution in [0.4, 0.5) is 0 Å². The number of nitrogens with one attached hydrogen (secondary N) is 1. The van der Waals surface area contributed by atoms with Crippen LogP contribution in [0.25, 0.3) is 0 Å². The van der Waals surface area contributed by atoms with Crippen molar-refractivity contribution in [2.24, 2.45) is 0 Å². The molecule has 2 saturated heterocycles. The standard InChI is InChI=1S/C16H18N2O7S2.Na.H/c1-16(2)11(15(21)22)18-13(20)9(14(18)26-16)17-12(19)10(27(23,24)25)8-6-4-3-5-7-8;;/h3-7,9-11,14H,1-2H3,(H,17,19)(H,21,22)(H,23,24,25);;/t9-,10-,11+,14-;;/m1../s1. The molecule has 12 heteroatoms. The first-order valence-corrected chi connectivity index (χ1v) is 10.4. The molecule has 2 heterocycles. The molecule has 1 aromatic carbocycles. The molecule has 2 aliphatic rings. The molecule has 0 spiro atoms. The van der Waals surface area contributed by atoms with Gasteiger partial charge in [-0.3, -0.25) is 14.1 Å². The average molecular weight is 438 g/mol. The molecule has 0 unspecified atom stereocenters. The van der Waals surface area contributed by atoms with Crippen LogP contribution in [0.5, 0.6) is 0 Å². The number of benzene rings is 1. The van der Waals surface area contributed by atoms with Gasteiger partial charge in [0.1, 0.15) is 17.5 Å². The number of fused-ring (bicyclic) bond motifs is 1. The van der Waals surface area contributed by atoms with Gasteiger partial charge in [-0.15, -0.1) is 11.8 Å². The summed E-state index contributed by atoms with van der Waals surface area (Å²) in [5.74, 6) is -2.78. The number of amides is 2. The molecular formula is C16H19N2NaO7S2. The normalized spacial score (nSPS) is 26.5. The molecule has 0 aliphatic carbocycles. The third kappa shape index (κ3) is 3.96. The van der Waals surface area contributed by atoms with Gasteiger partial charge >= 0.3 is 35.5 Å². The number of aliphatic carboxylic acids is 1. The molecule has 0 aromatic heterocycles. The summed E-state index contributed by atoms with van der Waals surface area (Å²) in [5.41, 5.74) is 0.0592. The first-order valence-electron chi connectivity index (χ1n) is 7.99. The van der Waals surface area contributed by atoms with Crippen molar-refractivity contribution in [2.45, 2.75) is 41.3 Å². The third-order valence-electron chi connectivity index (χ3n) is 4.61. The Hall–Kier alpha value is -1.11. The number of carbonyl (C=O) groups excluding carboxylic acids is 2. The van der Waals surface area contributed by atoms with Crippen molar-refractivity contribution in [2.75, 3.05) is 0 Å². The van der Waals surface area contributed by atoms with Crippen LogP contribution >= 0.6 is 11.8 Å². The maximum atomic E-state index is 12.6. The van der Waals surface area contributed by atoms with Crippen molar-refractivity contribution in [1.29, 1.82) is 0 Å². The van der Waals surface area contributed by atoms with Gasteiger partial charge in [-0.25, -0.2) is 4.79 Å². The summed E-state index contributed by atoms with van der Waals surface area (Å²) in [5, 5.41) is 9.26. The Kier molecular flexibility index (Phi) is 6.59. The summed E-state index contributed by atoms with van der Waals surface area (Å²) in [6, 6.07) is 5.31. The number of carbonyl (C=O) groups is 3. The fourth-order valence-electron chi connectivity index (χ4n) is 3.46. The molecule has 148 valence electrons. The number of hydrogen-bond acceptors (Lipinski definition) is 6. The molecule has 2 fully saturated rings. The van der Waals surface area contributed by atoms with E-state index >= 15 is 0 Å². The quantitative estimate of drug-likeness (QED) is 0.320. The van der Waals surface area contributed by atoms with Crippen LogP contribution < -0.4 is 5.32 Å². The average Bonchev–Trinajstić information content (AvgIpc) is 2.81. The van der Waals surface area contributed by atoms with E-state index in [4.69, 9.17) is 0 Å². The van der Waals surface area contributed by atoms with Crippen molar-refractivity contribution >= 4 is 69.2 Å². The van der Waals surface area contributed by atoms with E-state index in [-0.39, 0.29) is 35.1 Å². The number of hydrogen-bond donors (Lipinski definition) is 3. The third-order valence-corrected chi connectivity index (χ3v) is 7.26. The summed E-state index contributed by atoms with van der Waals surface area (Å²) in [4.78, 5) is 37.7. The van der Waals surface area contributed by atoms with Crippen LogP contribution in [0.15, 0.2) is 30.3 Å². The molecule has 3 N–H and O–H groups in total. The molecule has 9 nitrogen and oxygen atoms in total. The minimum absolute atomic E-state index is 0. The van der Waals surface area contributed by atoms with E-state index in [2.05, 4.69) is 5.32 Å². The Morgan fingerprint density at radius 2 is 1.82 bits per heavy atom. The molecule has 1 aromatic rings. The Morgan fingerprint density at radius 3 is 2.32 bits per heavy atom. The van der Waals surface area contributed by atoms with Gasteiger partial charge in [0.15, 0.2) is 5.25 Å². The number of carboxylic acids is 1. The molecular weight excluding hydrogens is 419 g/mol. The van der Waals surface area contributed by atoms with Crippen LogP contribution in [0.1, 0.15) is 24.7 Å². The van der Waals surface area contributed by atoms with E-state index < -0.39 is 55.4 Å². The van der Waals surface area contributed by atoms with Crippen LogP contribution in [0, 0.1) is 0 Å². The second-order valence-electron chi connectivity index (χ2n) is 6.89. The van der Waals surface area contributed by atoms with Gasteiger partial charge < -0.3 is 15.3 Å². The monoisotopic (exact) mass is 438 g/mol.